The Bertz CT molecular complexity index is 918. The van der Waals surface area contributed by atoms with E-state index in [4.69, 9.17) is 0 Å². The highest BCUT2D eigenvalue weighted by Crippen LogP contribution is 2.31. The molecule has 1 saturated heterocycles. The van der Waals surface area contributed by atoms with Crippen molar-refractivity contribution in [1.82, 2.24) is 19.8 Å². The molecule has 1 aromatic carbocycles. The molecule has 2 aromatic heterocycles. The van der Waals surface area contributed by atoms with Gasteiger partial charge < -0.3 is 14.8 Å². The number of hydrogen-bond acceptors (Lipinski definition) is 4. The zero-order valence-electron chi connectivity index (χ0n) is 14.4. The van der Waals surface area contributed by atoms with Crippen LogP contribution in [0.25, 0.3) is 10.4 Å². The highest BCUT2D eigenvalue weighted by Gasteiger charge is 2.31. The number of amides is 1. The summed E-state index contributed by atoms with van der Waals surface area (Å²) in [6.45, 7) is 2.09. The van der Waals surface area contributed by atoms with Crippen LogP contribution in [0.2, 0.25) is 0 Å². The number of aryl methyl sites for hydroxylation is 1. The lowest BCUT2D eigenvalue weighted by molar-refractivity contribution is 0.0626. The van der Waals surface area contributed by atoms with Gasteiger partial charge in [0.1, 0.15) is 17.7 Å². The van der Waals surface area contributed by atoms with Gasteiger partial charge in [0.05, 0.1) is 4.88 Å². The Balaban J connectivity index is 1.60. The van der Waals surface area contributed by atoms with Gasteiger partial charge in [0.15, 0.2) is 0 Å². The second-order valence-corrected chi connectivity index (χ2v) is 7.37. The van der Waals surface area contributed by atoms with E-state index in [1.165, 1.54) is 23.5 Å². The molecule has 1 unspecified atom stereocenters. The molecule has 1 amide bonds. The SMILES string of the molecule is Cn1ccnc1C1CNCCN1C(=O)c1ccc(-c2ccc(F)cc2)s1. The molecule has 0 saturated carbocycles. The molecule has 1 fully saturated rings. The fraction of sp³-hybridized carbons (Fsp3) is 0.263. The number of carbonyl (C=O) groups is 1. The van der Waals surface area contributed by atoms with Crippen LogP contribution in [0.5, 0.6) is 0 Å². The summed E-state index contributed by atoms with van der Waals surface area (Å²) >= 11 is 1.44. The third kappa shape index (κ3) is 3.15. The van der Waals surface area contributed by atoms with Gasteiger partial charge in [-0.25, -0.2) is 9.37 Å². The number of imidazole rings is 1. The fourth-order valence-corrected chi connectivity index (χ4v) is 4.21. The lowest BCUT2D eigenvalue weighted by Gasteiger charge is -2.35. The van der Waals surface area contributed by atoms with E-state index in [0.29, 0.717) is 18.0 Å². The first-order valence-electron chi connectivity index (χ1n) is 8.48. The van der Waals surface area contributed by atoms with Crippen molar-refractivity contribution in [3.8, 4) is 10.4 Å². The Hall–Kier alpha value is -2.51. The molecule has 1 aliphatic heterocycles. The smallest absolute Gasteiger partial charge is 0.264 e. The van der Waals surface area contributed by atoms with Crippen LogP contribution in [0.4, 0.5) is 4.39 Å². The van der Waals surface area contributed by atoms with E-state index >= 15 is 0 Å². The van der Waals surface area contributed by atoms with Gasteiger partial charge >= 0.3 is 0 Å². The summed E-state index contributed by atoms with van der Waals surface area (Å²) in [5.41, 5.74) is 0.913. The van der Waals surface area contributed by atoms with Crippen molar-refractivity contribution in [1.29, 1.82) is 0 Å². The molecule has 0 aliphatic carbocycles. The van der Waals surface area contributed by atoms with Gasteiger partial charge in [-0.2, -0.15) is 0 Å². The number of nitrogens with zero attached hydrogens (tertiary/aromatic N) is 3. The maximum absolute atomic E-state index is 13.1. The van der Waals surface area contributed by atoms with Crippen LogP contribution in [0.15, 0.2) is 48.8 Å². The average molecular weight is 370 g/mol. The maximum atomic E-state index is 13.1. The molecule has 3 heterocycles. The largest absolute Gasteiger partial charge is 0.336 e. The van der Waals surface area contributed by atoms with Gasteiger partial charge in [-0.05, 0) is 29.8 Å². The van der Waals surface area contributed by atoms with Crippen LogP contribution in [0.1, 0.15) is 21.5 Å². The summed E-state index contributed by atoms with van der Waals surface area (Å²) in [5, 5.41) is 3.34. The average Bonchev–Trinajstić information content (AvgIpc) is 3.31. The monoisotopic (exact) mass is 370 g/mol. The number of thiophene rings is 1. The van der Waals surface area contributed by atoms with Crippen molar-refractivity contribution in [3.05, 3.63) is 65.3 Å². The van der Waals surface area contributed by atoms with E-state index in [2.05, 4.69) is 10.3 Å². The van der Waals surface area contributed by atoms with Crippen LogP contribution in [-0.2, 0) is 7.05 Å². The molecule has 134 valence electrons. The van der Waals surface area contributed by atoms with Crippen molar-refractivity contribution < 1.29 is 9.18 Å². The zero-order chi connectivity index (χ0) is 18.1. The summed E-state index contributed by atoms with van der Waals surface area (Å²) in [5.74, 6) is 0.624. The molecular weight excluding hydrogens is 351 g/mol. The molecule has 1 atom stereocenters. The maximum Gasteiger partial charge on any atom is 0.264 e. The van der Waals surface area contributed by atoms with Crippen LogP contribution < -0.4 is 5.32 Å². The molecule has 0 spiro atoms. The molecule has 1 N–H and O–H groups in total. The van der Waals surface area contributed by atoms with Crippen LogP contribution in [0, 0.1) is 5.82 Å². The number of benzene rings is 1. The molecule has 0 bridgehead atoms. The van der Waals surface area contributed by atoms with Gasteiger partial charge in [0.25, 0.3) is 5.91 Å². The van der Waals surface area contributed by atoms with Crippen molar-refractivity contribution in [2.24, 2.45) is 7.05 Å². The predicted molar refractivity (Wildman–Crippen MR) is 99.6 cm³/mol. The van der Waals surface area contributed by atoms with E-state index < -0.39 is 0 Å². The molecule has 5 nitrogen and oxygen atoms in total. The number of halogens is 1. The van der Waals surface area contributed by atoms with Gasteiger partial charge in [-0.15, -0.1) is 11.3 Å². The number of carbonyl (C=O) groups excluding carboxylic acids is 1. The number of piperazine rings is 1. The lowest BCUT2D eigenvalue weighted by Crippen LogP contribution is -2.49. The van der Waals surface area contributed by atoms with E-state index in [1.54, 1.807) is 18.3 Å². The Morgan fingerprint density at radius 1 is 1.27 bits per heavy atom. The first-order valence-corrected chi connectivity index (χ1v) is 9.30. The van der Waals surface area contributed by atoms with Crippen molar-refractivity contribution >= 4 is 17.2 Å². The minimum atomic E-state index is -0.264. The second-order valence-electron chi connectivity index (χ2n) is 6.29. The minimum absolute atomic E-state index is 0.0119. The number of aromatic nitrogens is 2. The van der Waals surface area contributed by atoms with Crippen LogP contribution >= 0.6 is 11.3 Å². The first-order chi connectivity index (χ1) is 12.6. The summed E-state index contributed by atoms with van der Waals surface area (Å²) in [4.78, 5) is 21.1. The summed E-state index contributed by atoms with van der Waals surface area (Å²) in [6.07, 6.45) is 3.65. The van der Waals surface area contributed by atoms with E-state index in [9.17, 15) is 9.18 Å². The highest BCUT2D eigenvalue weighted by atomic mass is 32.1. The van der Waals surface area contributed by atoms with Gasteiger partial charge in [0, 0.05) is 44.0 Å². The summed E-state index contributed by atoms with van der Waals surface area (Å²) in [6, 6.07) is 10.0. The molecule has 1 aliphatic rings. The normalized spacial score (nSPS) is 17.5. The summed E-state index contributed by atoms with van der Waals surface area (Å²) in [7, 11) is 1.94. The standard InChI is InChI=1S/C19H19FN4OS/c1-23-10-9-22-18(23)15-12-21-8-11-24(15)19(25)17-7-6-16(26-17)13-2-4-14(20)5-3-13/h2-7,9-10,15,21H,8,11-12H2,1H3. The van der Waals surface area contributed by atoms with E-state index in [1.807, 2.05) is 34.8 Å². The summed E-state index contributed by atoms with van der Waals surface area (Å²) < 4.78 is 15.1. The molecule has 3 aromatic rings. The number of hydrogen-bond donors (Lipinski definition) is 1. The fourth-order valence-electron chi connectivity index (χ4n) is 3.24. The van der Waals surface area contributed by atoms with Gasteiger partial charge in [0.2, 0.25) is 0 Å². The van der Waals surface area contributed by atoms with E-state index in [-0.39, 0.29) is 17.8 Å². The van der Waals surface area contributed by atoms with Gasteiger partial charge in [-0.1, -0.05) is 12.1 Å². The predicted octanol–water partition coefficient (Wildman–Crippen LogP) is 3.07. The van der Waals surface area contributed by atoms with Crippen molar-refractivity contribution in [3.63, 3.8) is 0 Å². The van der Waals surface area contributed by atoms with Crippen LogP contribution in [0.3, 0.4) is 0 Å². The topological polar surface area (TPSA) is 50.2 Å². The van der Waals surface area contributed by atoms with E-state index in [0.717, 1.165) is 22.8 Å². The lowest BCUT2D eigenvalue weighted by atomic mass is 10.1. The van der Waals surface area contributed by atoms with Crippen LogP contribution in [-0.4, -0.2) is 40.0 Å². The Morgan fingerprint density at radius 2 is 2.08 bits per heavy atom. The third-order valence-corrected chi connectivity index (χ3v) is 5.73. The quantitative estimate of drug-likeness (QED) is 0.771. The number of rotatable bonds is 3. The molecule has 4 rings (SSSR count). The van der Waals surface area contributed by atoms with Crippen molar-refractivity contribution in [2.75, 3.05) is 19.6 Å². The second kappa shape index (κ2) is 7.01. The Kier molecular flexibility index (Phi) is 4.57. The Morgan fingerprint density at radius 3 is 2.81 bits per heavy atom. The zero-order valence-corrected chi connectivity index (χ0v) is 15.2. The van der Waals surface area contributed by atoms with Crippen molar-refractivity contribution in [2.45, 2.75) is 6.04 Å². The molecule has 7 heteroatoms. The molecule has 26 heavy (non-hydrogen) atoms. The third-order valence-electron chi connectivity index (χ3n) is 4.61. The Labute approximate surface area is 155 Å². The highest BCUT2D eigenvalue weighted by molar-refractivity contribution is 7.17. The molecular formula is C19H19FN4OS. The molecule has 0 radical (unpaired) electrons. The van der Waals surface area contributed by atoms with Gasteiger partial charge in [-0.3, -0.25) is 4.79 Å². The minimum Gasteiger partial charge on any atom is -0.336 e. The first kappa shape index (κ1) is 16.9. The number of nitrogens with one attached hydrogen (secondary N) is 1.